The number of carboxylic acid groups (broad SMARTS) is 1. The van der Waals surface area contributed by atoms with Crippen molar-refractivity contribution in [2.75, 3.05) is 19.7 Å². The highest BCUT2D eigenvalue weighted by Crippen LogP contribution is 2.44. The zero-order valence-electron chi connectivity index (χ0n) is 19.1. The highest BCUT2D eigenvalue weighted by Gasteiger charge is 2.36. The minimum Gasteiger partial charge on any atom is -0.481 e. The number of rotatable bonds is 5. The summed E-state index contributed by atoms with van der Waals surface area (Å²) in [6, 6.07) is 16.3. The summed E-state index contributed by atoms with van der Waals surface area (Å²) in [6.07, 6.45) is 2.87. The fourth-order valence-electron chi connectivity index (χ4n) is 5.78. The average Bonchev–Trinajstić information content (AvgIpc) is 3.45. The first-order valence-electron chi connectivity index (χ1n) is 12.1. The van der Waals surface area contributed by atoms with Crippen molar-refractivity contribution in [3.63, 3.8) is 0 Å². The second-order valence-corrected chi connectivity index (χ2v) is 9.64. The lowest BCUT2D eigenvalue weighted by Crippen LogP contribution is -2.45. The second-order valence-electron chi connectivity index (χ2n) is 9.64. The number of carbonyl (C=O) groups is 3. The van der Waals surface area contributed by atoms with Crippen LogP contribution < -0.4 is 5.32 Å². The average molecular weight is 463 g/mol. The van der Waals surface area contributed by atoms with Crippen LogP contribution in [0.2, 0.25) is 0 Å². The molecule has 0 unspecified atom stereocenters. The molecule has 3 atom stereocenters. The molecule has 0 aromatic heterocycles. The van der Waals surface area contributed by atoms with Crippen molar-refractivity contribution >= 4 is 18.0 Å². The predicted molar refractivity (Wildman–Crippen MR) is 126 cm³/mol. The number of piperidine rings is 1. The molecule has 2 aromatic rings. The number of nitrogens with one attached hydrogen (secondary N) is 1. The van der Waals surface area contributed by atoms with Crippen molar-refractivity contribution in [3.8, 4) is 11.1 Å². The summed E-state index contributed by atoms with van der Waals surface area (Å²) in [4.78, 5) is 38.5. The van der Waals surface area contributed by atoms with E-state index in [2.05, 4.69) is 29.6 Å². The Morgan fingerprint density at radius 2 is 1.62 bits per heavy atom. The lowest BCUT2D eigenvalue weighted by Gasteiger charge is -2.32. The number of nitrogens with zero attached hydrogens (tertiary/aromatic N) is 1. The van der Waals surface area contributed by atoms with Crippen LogP contribution in [0.15, 0.2) is 48.5 Å². The summed E-state index contributed by atoms with van der Waals surface area (Å²) < 4.78 is 5.64. The molecule has 2 fully saturated rings. The molecule has 1 aliphatic heterocycles. The van der Waals surface area contributed by atoms with Gasteiger partial charge in [-0.1, -0.05) is 48.5 Å². The van der Waals surface area contributed by atoms with Crippen LogP contribution in [-0.2, 0) is 14.3 Å². The molecule has 1 saturated carbocycles. The maximum atomic E-state index is 12.9. The number of hydrogen-bond donors (Lipinski definition) is 2. The summed E-state index contributed by atoms with van der Waals surface area (Å²) in [5.41, 5.74) is 4.72. The monoisotopic (exact) mass is 462 g/mol. The summed E-state index contributed by atoms with van der Waals surface area (Å²) in [6.45, 7) is 1.16. The summed E-state index contributed by atoms with van der Waals surface area (Å²) in [5.74, 6) is -1.46. The van der Waals surface area contributed by atoms with Crippen LogP contribution in [-0.4, -0.2) is 53.7 Å². The van der Waals surface area contributed by atoms with Crippen LogP contribution in [0.5, 0.6) is 0 Å². The standard InChI is InChI=1S/C27H30N2O5/c30-25(29-13-5-6-18(15-29)26(31)32)17-11-12-19(14-17)28-27(33)34-16-24-22-9-3-1-7-20(22)21-8-2-4-10-23(21)24/h1-4,7-10,17-19,24H,5-6,11-16H2,(H,28,33)(H,31,32)/t17-,18+,19+/m1/s1. The molecule has 0 spiro atoms. The minimum atomic E-state index is -0.835. The van der Waals surface area contributed by atoms with E-state index in [1.165, 1.54) is 22.3 Å². The van der Waals surface area contributed by atoms with Crippen molar-refractivity contribution in [3.05, 3.63) is 59.7 Å². The van der Waals surface area contributed by atoms with Gasteiger partial charge in [-0.15, -0.1) is 0 Å². The largest absolute Gasteiger partial charge is 0.481 e. The summed E-state index contributed by atoms with van der Waals surface area (Å²) in [7, 11) is 0. The molecule has 1 saturated heterocycles. The first-order chi connectivity index (χ1) is 16.5. The molecule has 7 heteroatoms. The Morgan fingerprint density at radius 1 is 0.941 bits per heavy atom. The third kappa shape index (κ3) is 4.39. The Hall–Kier alpha value is -3.35. The predicted octanol–water partition coefficient (Wildman–Crippen LogP) is 4.02. The van der Waals surface area contributed by atoms with E-state index in [9.17, 15) is 19.5 Å². The van der Waals surface area contributed by atoms with E-state index in [-0.39, 0.29) is 36.9 Å². The van der Waals surface area contributed by atoms with Gasteiger partial charge in [0.15, 0.2) is 0 Å². The first kappa shape index (κ1) is 22.4. The number of aliphatic carboxylic acids is 1. The van der Waals surface area contributed by atoms with Gasteiger partial charge in [-0.05, 0) is 54.4 Å². The molecule has 0 bridgehead atoms. The van der Waals surface area contributed by atoms with Crippen LogP contribution >= 0.6 is 0 Å². The van der Waals surface area contributed by atoms with E-state index in [1.807, 2.05) is 24.3 Å². The van der Waals surface area contributed by atoms with E-state index < -0.39 is 18.0 Å². The van der Waals surface area contributed by atoms with Crippen molar-refractivity contribution in [2.45, 2.75) is 44.1 Å². The van der Waals surface area contributed by atoms with Crippen molar-refractivity contribution in [1.82, 2.24) is 10.2 Å². The topological polar surface area (TPSA) is 95.9 Å². The molecule has 2 N–H and O–H groups in total. The second kappa shape index (κ2) is 9.49. The smallest absolute Gasteiger partial charge is 0.407 e. The van der Waals surface area contributed by atoms with Crippen LogP contribution in [0.3, 0.4) is 0 Å². The van der Waals surface area contributed by atoms with Gasteiger partial charge in [0.05, 0.1) is 5.92 Å². The molecular weight excluding hydrogens is 432 g/mol. The van der Waals surface area contributed by atoms with E-state index >= 15 is 0 Å². The molecule has 178 valence electrons. The highest BCUT2D eigenvalue weighted by atomic mass is 16.5. The van der Waals surface area contributed by atoms with E-state index in [4.69, 9.17) is 4.74 Å². The highest BCUT2D eigenvalue weighted by molar-refractivity contribution is 5.81. The van der Waals surface area contributed by atoms with Gasteiger partial charge in [0.1, 0.15) is 6.61 Å². The maximum absolute atomic E-state index is 12.9. The zero-order chi connectivity index (χ0) is 23.7. The SMILES string of the molecule is O=C(N[C@H]1CC[C@@H](C(=O)N2CCC[C@H](C(=O)O)C2)C1)OCC1c2ccccc2-c2ccccc21. The third-order valence-corrected chi connectivity index (χ3v) is 7.53. The fourth-order valence-corrected chi connectivity index (χ4v) is 5.78. The Labute approximate surface area is 199 Å². The molecule has 3 aliphatic rings. The number of carboxylic acids is 1. The molecule has 0 radical (unpaired) electrons. The lowest BCUT2D eigenvalue weighted by molar-refractivity contribution is -0.146. The van der Waals surface area contributed by atoms with E-state index in [0.29, 0.717) is 25.8 Å². The number of carbonyl (C=O) groups excluding carboxylic acids is 2. The number of likely N-dealkylation sites (tertiary alicyclic amines) is 1. The van der Waals surface area contributed by atoms with Gasteiger partial charge in [-0.25, -0.2) is 4.79 Å². The third-order valence-electron chi connectivity index (χ3n) is 7.53. The van der Waals surface area contributed by atoms with Crippen molar-refractivity contribution < 1.29 is 24.2 Å². The molecule has 1 heterocycles. The maximum Gasteiger partial charge on any atom is 0.407 e. The lowest BCUT2D eigenvalue weighted by atomic mass is 9.96. The van der Waals surface area contributed by atoms with Crippen molar-refractivity contribution in [2.24, 2.45) is 11.8 Å². The van der Waals surface area contributed by atoms with E-state index in [0.717, 1.165) is 12.8 Å². The number of alkyl carbamates (subject to hydrolysis) is 1. The Bertz CT molecular complexity index is 1050. The molecule has 2 aliphatic carbocycles. The minimum absolute atomic E-state index is 0.0114. The van der Waals surface area contributed by atoms with Crippen LogP contribution in [0, 0.1) is 11.8 Å². The van der Waals surface area contributed by atoms with Gasteiger partial charge < -0.3 is 20.1 Å². The van der Waals surface area contributed by atoms with Gasteiger partial charge in [-0.2, -0.15) is 0 Å². The van der Waals surface area contributed by atoms with Gasteiger partial charge in [0, 0.05) is 31.0 Å². The number of fused-ring (bicyclic) bond motifs is 3. The Kier molecular flexibility index (Phi) is 6.26. The van der Waals surface area contributed by atoms with Gasteiger partial charge in [0.25, 0.3) is 0 Å². The van der Waals surface area contributed by atoms with Crippen LogP contribution in [0.4, 0.5) is 4.79 Å². The first-order valence-corrected chi connectivity index (χ1v) is 12.1. The van der Waals surface area contributed by atoms with Gasteiger partial charge in [-0.3, -0.25) is 9.59 Å². The zero-order valence-corrected chi connectivity index (χ0v) is 19.1. The fraction of sp³-hybridized carbons (Fsp3) is 0.444. The number of benzene rings is 2. The molecule has 2 aromatic carbocycles. The Balaban J connectivity index is 1.14. The van der Waals surface area contributed by atoms with Crippen LogP contribution in [0.25, 0.3) is 11.1 Å². The molecule has 7 nitrogen and oxygen atoms in total. The molecular formula is C27H30N2O5. The normalized spacial score (nSPS) is 23.8. The van der Waals surface area contributed by atoms with Crippen LogP contribution in [0.1, 0.15) is 49.1 Å². The molecule has 34 heavy (non-hydrogen) atoms. The molecule has 5 rings (SSSR count). The Morgan fingerprint density at radius 3 is 2.29 bits per heavy atom. The quantitative estimate of drug-likeness (QED) is 0.700. The van der Waals surface area contributed by atoms with Gasteiger partial charge in [0.2, 0.25) is 5.91 Å². The van der Waals surface area contributed by atoms with Crippen molar-refractivity contribution in [1.29, 1.82) is 0 Å². The number of hydrogen-bond acceptors (Lipinski definition) is 4. The summed E-state index contributed by atoms with van der Waals surface area (Å²) >= 11 is 0. The van der Waals surface area contributed by atoms with Gasteiger partial charge >= 0.3 is 12.1 Å². The number of amides is 2. The number of ether oxygens (including phenoxy) is 1. The summed E-state index contributed by atoms with van der Waals surface area (Å²) in [5, 5.41) is 12.2. The van der Waals surface area contributed by atoms with E-state index in [1.54, 1.807) is 4.90 Å². The molecule has 2 amide bonds.